The highest BCUT2D eigenvalue weighted by Crippen LogP contribution is 2.18. The number of sulfonamides is 1. The third-order valence-corrected chi connectivity index (χ3v) is 4.13. The summed E-state index contributed by atoms with van der Waals surface area (Å²) in [6.07, 6.45) is 4.69. The van der Waals surface area contributed by atoms with Gasteiger partial charge in [-0.3, -0.25) is 4.98 Å². The molecular weight excluding hydrogens is 276 g/mol. The smallest absolute Gasteiger partial charge is 0.243 e. The Bertz CT molecular complexity index is 465. The van der Waals surface area contributed by atoms with Crippen molar-refractivity contribution in [3.63, 3.8) is 0 Å². The summed E-state index contributed by atoms with van der Waals surface area (Å²) in [6.45, 7) is 3.27. The van der Waals surface area contributed by atoms with E-state index < -0.39 is 10.0 Å². The Morgan fingerprint density at radius 2 is 2.22 bits per heavy atom. The van der Waals surface area contributed by atoms with Crippen LogP contribution in [0.1, 0.15) is 19.8 Å². The fourth-order valence-electron chi connectivity index (χ4n) is 1.24. The van der Waals surface area contributed by atoms with Gasteiger partial charge in [-0.05, 0) is 12.5 Å². The van der Waals surface area contributed by atoms with Crippen LogP contribution in [0.5, 0.6) is 0 Å². The minimum absolute atomic E-state index is 0.0137. The van der Waals surface area contributed by atoms with Gasteiger partial charge in [0.15, 0.2) is 0 Å². The maximum Gasteiger partial charge on any atom is 0.243 e. The summed E-state index contributed by atoms with van der Waals surface area (Å²) in [7, 11) is -3.61. The second-order valence-electron chi connectivity index (χ2n) is 3.67. The number of pyridine rings is 1. The fraction of sp³-hybridized carbons (Fsp3) is 0.545. The number of aromatic nitrogens is 1. The molecule has 0 radical (unpaired) electrons. The van der Waals surface area contributed by atoms with E-state index in [0.717, 1.165) is 12.8 Å². The average molecular weight is 293 g/mol. The second kappa shape index (κ2) is 7.68. The zero-order chi connectivity index (χ0) is 13.4. The molecule has 0 aliphatic heterocycles. The summed E-state index contributed by atoms with van der Waals surface area (Å²) in [5.41, 5.74) is 0. The molecule has 5 nitrogen and oxygen atoms in total. The van der Waals surface area contributed by atoms with Gasteiger partial charge in [-0.15, -0.1) is 0 Å². The van der Waals surface area contributed by atoms with Crippen LogP contribution in [0, 0.1) is 0 Å². The molecule has 1 N–H and O–H groups in total. The van der Waals surface area contributed by atoms with Gasteiger partial charge in [0.2, 0.25) is 10.0 Å². The number of hydrogen-bond acceptors (Lipinski definition) is 4. The van der Waals surface area contributed by atoms with Gasteiger partial charge in [-0.25, -0.2) is 13.1 Å². The first-order valence-electron chi connectivity index (χ1n) is 5.75. The van der Waals surface area contributed by atoms with Crippen LogP contribution >= 0.6 is 11.6 Å². The van der Waals surface area contributed by atoms with Crippen molar-refractivity contribution in [3.8, 4) is 0 Å². The minimum Gasteiger partial charge on any atom is -0.380 e. The number of nitrogens with zero attached hydrogens (tertiary/aromatic N) is 1. The number of rotatable bonds is 8. The zero-order valence-corrected chi connectivity index (χ0v) is 11.8. The monoisotopic (exact) mass is 292 g/mol. The van der Waals surface area contributed by atoms with E-state index >= 15 is 0 Å². The van der Waals surface area contributed by atoms with Gasteiger partial charge < -0.3 is 4.74 Å². The van der Waals surface area contributed by atoms with E-state index in [9.17, 15) is 8.42 Å². The van der Waals surface area contributed by atoms with Crippen molar-refractivity contribution in [1.29, 1.82) is 0 Å². The molecule has 0 atom stereocenters. The molecule has 0 bridgehead atoms. The van der Waals surface area contributed by atoms with E-state index in [1.54, 1.807) is 0 Å². The van der Waals surface area contributed by atoms with Crippen LogP contribution in [-0.4, -0.2) is 33.2 Å². The number of halogens is 1. The third kappa shape index (κ3) is 4.89. The molecule has 0 spiro atoms. The molecule has 0 saturated carbocycles. The van der Waals surface area contributed by atoms with E-state index in [4.69, 9.17) is 16.3 Å². The standard InChI is InChI=1S/C11H17ClN2O3S/c1-2-3-7-17-8-6-14-18(15,16)11-9-13-5-4-10(11)12/h4-5,9,14H,2-3,6-8H2,1H3. The molecule has 0 amide bonds. The van der Waals surface area contributed by atoms with Gasteiger partial charge >= 0.3 is 0 Å². The first-order valence-corrected chi connectivity index (χ1v) is 7.61. The predicted octanol–water partition coefficient (Wildman–Crippen LogP) is 1.83. The van der Waals surface area contributed by atoms with Crippen LogP contribution in [-0.2, 0) is 14.8 Å². The molecule has 0 saturated heterocycles. The van der Waals surface area contributed by atoms with Crippen molar-refractivity contribution in [3.05, 3.63) is 23.5 Å². The van der Waals surface area contributed by atoms with Gasteiger partial charge in [0.25, 0.3) is 0 Å². The minimum atomic E-state index is -3.61. The molecule has 102 valence electrons. The molecule has 1 aromatic heterocycles. The second-order valence-corrected chi connectivity index (χ2v) is 5.81. The normalized spacial score (nSPS) is 11.7. The first-order chi connectivity index (χ1) is 8.58. The molecule has 18 heavy (non-hydrogen) atoms. The Balaban J connectivity index is 2.44. The van der Waals surface area contributed by atoms with Crippen molar-refractivity contribution in [1.82, 2.24) is 9.71 Å². The lowest BCUT2D eigenvalue weighted by molar-refractivity contribution is 0.136. The van der Waals surface area contributed by atoms with E-state index in [2.05, 4.69) is 16.6 Å². The van der Waals surface area contributed by atoms with Gasteiger partial charge in [-0.1, -0.05) is 24.9 Å². The number of ether oxygens (including phenoxy) is 1. The number of nitrogens with one attached hydrogen (secondary N) is 1. The summed E-state index contributed by atoms with van der Waals surface area (Å²) in [5, 5.41) is 0.157. The fourth-order valence-corrected chi connectivity index (χ4v) is 2.68. The SMILES string of the molecule is CCCCOCCNS(=O)(=O)c1cnccc1Cl. The van der Waals surface area contributed by atoms with Crippen LogP contribution in [0.3, 0.4) is 0 Å². The van der Waals surface area contributed by atoms with Crippen LogP contribution in [0.4, 0.5) is 0 Å². The summed E-state index contributed by atoms with van der Waals surface area (Å²) >= 11 is 5.80. The summed E-state index contributed by atoms with van der Waals surface area (Å²) in [6, 6.07) is 1.44. The predicted molar refractivity (Wildman–Crippen MR) is 70.2 cm³/mol. The van der Waals surface area contributed by atoms with E-state index in [0.29, 0.717) is 13.2 Å². The summed E-state index contributed by atoms with van der Waals surface area (Å²) in [4.78, 5) is 3.73. The van der Waals surface area contributed by atoms with Crippen molar-refractivity contribution >= 4 is 21.6 Å². The quantitative estimate of drug-likeness (QED) is 0.742. The molecule has 1 heterocycles. The van der Waals surface area contributed by atoms with Gasteiger partial charge in [-0.2, -0.15) is 0 Å². The largest absolute Gasteiger partial charge is 0.380 e. The summed E-state index contributed by atoms with van der Waals surface area (Å²) < 4.78 is 31.4. The molecule has 0 aliphatic carbocycles. The maximum absolute atomic E-state index is 11.9. The van der Waals surface area contributed by atoms with Gasteiger partial charge in [0.1, 0.15) is 4.90 Å². The highest BCUT2D eigenvalue weighted by Gasteiger charge is 2.16. The number of unbranched alkanes of at least 4 members (excludes halogenated alkanes) is 1. The van der Waals surface area contributed by atoms with E-state index in [1.807, 2.05) is 0 Å². The molecule has 7 heteroatoms. The van der Waals surface area contributed by atoms with Crippen LogP contribution in [0.25, 0.3) is 0 Å². The topological polar surface area (TPSA) is 68.3 Å². The zero-order valence-electron chi connectivity index (χ0n) is 10.2. The lowest BCUT2D eigenvalue weighted by atomic mass is 10.4. The van der Waals surface area contributed by atoms with Crippen molar-refractivity contribution < 1.29 is 13.2 Å². The Morgan fingerprint density at radius 1 is 1.44 bits per heavy atom. The van der Waals surface area contributed by atoms with Crippen molar-refractivity contribution in [2.45, 2.75) is 24.7 Å². The van der Waals surface area contributed by atoms with E-state index in [1.165, 1.54) is 18.5 Å². The average Bonchev–Trinajstić information content (AvgIpc) is 2.34. The van der Waals surface area contributed by atoms with Gasteiger partial charge in [0.05, 0.1) is 11.6 Å². The molecule has 0 aliphatic rings. The van der Waals surface area contributed by atoms with Gasteiger partial charge in [0, 0.05) is 25.5 Å². The Kier molecular flexibility index (Phi) is 6.56. The molecule has 1 rings (SSSR count). The Labute approximate surface area is 113 Å². The maximum atomic E-state index is 11.9. The molecule has 0 aromatic carbocycles. The lowest BCUT2D eigenvalue weighted by Crippen LogP contribution is -2.27. The van der Waals surface area contributed by atoms with Crippen LogP contribution in [0.2, 0.25) is 5.02 Å². The highest BCUT2D eigenvalue weighted by molar-refractivity contribution is 7.89. The Hall–Kier alpha value is -0.690. The number of hydrogen-bond donors (Lipinski definition) is 1. The molecule has 1 aromatic rings. The third-order valence-electron chi connectivity index (χ3n) is 2.20. The van der Waals surface area contributed by atoms with Crippen molar-refractivity contribution in [2.24, 2.45) is 0 Å². The molecular formula is C11H17ClN2O3S. The van der Waals surface area contributed by atoms with Crippen LogP contribution < -0.4 is 4.72 Å². The van der Waals surface area contributed by atoms with E-state index in [-0.39, 0.29) is 16.5 Å². The lowest BCUT2D eigenvalue weighted by Gasteiger charge is -2.08. The first kappa shape index (κ1) is 15.4. The highest BCUT2D eigenvalue weighted by atomic mass is 35.5. The molecule has 0 fully saturated rings. The Morgan fingerprint density at radius 3 is 2.89 bits per heavy atom. The molecule has 0 unspecified atom stereocenters. The van der Waals surface area contributed by atoms with Crippen LogP contribution in [0.15, 0.2) is 23.4 Å². The van der Waals surface area contributed by atoms with Crippen molar-refractivity contribution in [2.75, 3.05) is 19.8 Å². The summed E-state index contributed by atoms with van der Waals surface area (Å²) in [5.74, 6) is 0.